The maximum Gasteiger partial charge on any atom is 0.165 e. The number of nitrogens with zero attached hydrogens (tertiary/aromatic N) is 3. The van der Waals surface area contributed by atoms with Crippen LogP contribution >= 0.6 is 22.7 Å². The molecule has 0 atom stereocenters. The molecule has 0 saturated carbocycles. The van der Waals surface area contributed by atoms with E-state index in [1.807, 2.05) is 0 Å². The molecule has 0 bridgehead atoms. The fraction of sp³-hybridized carbons (Fsp3) is 0. The summed E-state index contributed by atoms with van der Waals surface area (Å²) in [5.74, 6) is 1.99. The Morgan fingerprint density at radius 1 is 0.296 bits per heavy atom. The van der Waals surface area contributed by atoms with Crippen LogP contribution in [0.5, 0.6) is 0 Å². The normalized spacial score (nSPS) is 11.7. The highest BCUT2D eigenvalue weighted by atomic mass is 32.1. The Morgan fingerprint density at radius 3 is 1.43 bits per heavy atom. The second kappa shape index (κ2) is 12.6. The maximum atomic E-state index is 5.47. The number of aromatic nitrogens is 3. The molecule has 11 rings (SSSR count). The van der Waals surface area contributed by atoms with E-state index in [1.165, 1.54) is 40.3 Å². The van der Waals surface area contributed by atoms with Crippen LogP contribution in [0.15, 0.2) is 176 Å². The molecule has 11 aromatic rings. The van der Waals surface area contributed by atoms with E-state index in [2.05, 4.69) is 176 Å². The van der Waals surface area contributed by atoms with E-state index in [1.54, 1.807) is 22.7 Å². The average Bonchev–Trinajstić information content (AvgIpc) is 3.82. The number of hydrogen-bond donors (Lipinski definition) is 0. The third-order valence-electron chi connectivity index (χ3n) is 10.4. The zero-order chi connectivity index (χ0) is 35.6. The van der Waals surface area contributed by atoms with E-state index in [0.717, 1.165) is 49.7 Å². The summed E-state index contributed by atoms with van der Waals surface area (Å²) in [6.07, 6.45) is 0. The summed E-state index contributed by atoms with van der Waals surface area (Å²) >= 11 is 3.59. The third-order valence-corrected chi connectivity index (χ3v) is 12.8. The van der Waals surface area contributed by atoms with Crippen LogP contribution in [0, 0.1) is 0 Å². The first-order chi connectivity index (χ1) is 26.8. The zero-order valence-corrected chi connectivity index (χ0v) is 30.5. The molecule has 0 N–H and O–H groups in total. The van der Waals surface area contributed by atoms with Crippen molar-refractivity contribution in [2.45, 2.75) is 0 Å². The summed E-state index contributed by atoms with van der Waals surface area (Å²) in [7, 11) is 0. The van der Waals surface area contributed by atoms with Crippen molar-refractivity contribution in [2.75, 3.05) is 0 Å². The van der Waals surface area contributed by atoms with Crippen LogP contribution in [0.2, 0.25) is 0 Å². The smallest absolute Gasteiger partial charge is 0.165 e. The number of fused-ring (bicyclic) bond motifs is 7. The van der Waals surface area contributed by atoms with Gasteiger partial charge in [-0.3, -0.25) is 0 Å². The molecule has 54 heavy (non-hydrogen) atoms. The van der Waals surface area contributed by atoms with Gasteiger partial charge in [0.15, 0.2) is 17.5 Å². The van der Waals surface area contributed by atoms with Gasteiger partial charge in [-0.1, -0.05) is 152 Å². The molecule has 0 spiro atoms. The minimum atomic E-state index is 0.654. The number of hydrogen-bond acceptors (Lipinski definition) is 5. The predicted octanol–water partition coefficient (Wildman–Crippen LogP) is 14.1. The lowest BCUT2D eigenvalue weighted by Crippen LogP contribution is -2.02. The van der Waals surface area contributed by atoms with Crippen LogP contribution in [0.1, 0.15) is 0 Å². The fourth-order valence-electron chi connectivity index (χ4n) is 7.90. The SMILES string of the molecule is c1ccc(-c2ccccc2-c2ccc3ccccc3c2-c2nc(-c3cccc4c3sc3ccccc34)nc(-c3cccc4c3sc3ccccc34)n2)cc1. The van der Waals surface area contributed by atoms with Crippen LogP contribution in [0.3, 0.4) is 0 Å². The molecule has 0 aliphatic rings. The van der Waals surface area contributed by atoms with Crippen molar-refractivity contribution in [3.63, 3.8) is 0 Å². The summed E-state index contributed by atoms with van der Waals surface area (Å²) in [4.78, 5) is 16.3. The number of rotatable bonds is 5. The largest absolute Gasteiger partial charge is 0.208 e. The minimum Gasteiger partial charge on any atom is -0.208 e. The van der Waals surface area contributed by atoms with Crippen molar-refractivity contribution in [2.24, 2.45) is 0 Å². The van der Waals surface area contributed by atoms with Crippen LogP contribution in [-0.2, 0) is 0 Å². The molecular formula is C49H29N3S2. The van der Waals surface area contributed by atoms with Gasteiger partial charge in [0, 0.05) is 57.0 Å². The van der Waals surface area contributed by atoms with Crippen LogP contribution in [-0.4, -0.2) is 15.0 Å². The van der Waals surface area contributed by atoms with E-state index < -0.39 is 0 Å². The van der Waals surface area contributed by atoms with Crippen molar-refractivity contribution in [3.8, 4) is 56.4 Å². The quantitative estimate of drug-likeness (QED) is 0.177. The second-order valence-electron chi connectivity index (χ2n) is 13.5. The van der Waals surface area contributed by atoms with Crippen molar-refractivity contribution in [1.82, 2.24) is 15.0 Å². The second-order valence-corrected chi connectivity index (χ2v) is 15.6. The van der Waals surface area contributed by atoms with Crippen LogP contribution in [0.4, 0.5) is 0 Å². The highest BCUT2D eigenvalue weighted by molar-refractivity contribution is 7.26. The lowest BCUT2D eigenvalue weighted by Gasteiger charge is -2.17. The monoisotopic (exact) mass is 723 g/mol. The molecule has 0 saturated heterocycles. The first-order valence-electron chi connectivity index (χ1n) is 18.0. The van der Waals surface area contributed by atoms with Gasteiger partial charge in [-0.15, -0.1) is 22.7 Å². The van der Waals surface area contributed by atoms with Crippen molar-refractivity contribution < 1.29 is 0 Å². The molecule has 3 nitrogen and oxygen atoms in total. The van der Waals surface area contributed by atoms with Gasteiger partial charge in [0.1, 0.15) is 0 Å². The van der Waals surface area contributed by atoms with E-state index in [9.17, 15) is 0 Å². The van der Waals surface area contributed by atoms with E-state index in [0.29, 0.717) is 17.5 Å². The standard InChI is InChI=1S/C49H29N3S2/c1-2-14-30(15-3-1)32-17-6-7-19-34(32)37-29-28-31-16-4-5-18-33(31)44(37)49-51-47(40-24-12-22-38-35-20-8-10-26-42(35)53-45(38)40)50-48(52-49)41-25-13-23-39-36-21-9-11-27-43(36)54-46(39)41/h1-29H. The fourth-order valence-corrected chi connectivity index (χ4v) is 10.3. The lowest BCUT2D eigenvalue weighted by atomic mass is 9.89. The Balaban J connectivity index is 1.24. The van der Waals surface area contributed by atoms with Gasteiger partial charge in [-0.05, 0) is 57.3 Å². The Bertz CT molecular complexity index is 3100. The molecule has 0 radical (unpaired) electrons. The van der Waals surface area contributed by atoms with E-state index in [4.69, 9.17) is 15.0 Å². The molecular weight excluding hydrogens is 695 g/mol. The molecule has 0 amide bonds. The Hall–Kier alpha value is -6.53. The van der Waals surface area contributed by atoms with Gasteiger partial charge in [0.25, 0.3) is 0 Å². The Labute approximate surface area is 319 Å². The minimum absolute atomic E-state index is 0.654. The van der Waals surface area contributed by atoms with Crippen molar-refractivity contribution >= 4 is 73.8 Å². The maximum absolute atomic E-state index is 5.47. The highest BCUT2D eigenvalue weighted by Gasteiger charge is 2.22. The van der Waals surface area contributed by atoms with Gasteiger partial charge >= 0.3 is 0 Å². The molecule has 3 aromatic heterocycles. The van der Waals surface area contributed by atoms with Crippen molar-refractivity contribution in [1.29, 1.82) is 0 Å². The van der Waals surface area contributed by atoms with E-state index in [-0.39, 0.29) is 0 Å². The van der Waals surface area contributed by atoms with Gasteiger partial charge in [-0.25, -0.2) is 15.0 Å². The predicted molar refractivity (Wildman–Crippen MR) is 230 cm³/mol. The summed E-state index contributed by atoms with van der Waals surface area (Å²) in [6, 6.07) is 62.6. The summed E-state index contributed by atoms with van der Waals surface area (Å²) in [5, 5.41) is 7.16. The molecule has 3 heterocycles. The average molecular weight is 724 g/mol. The first-order valence-corrected chi connectivity index (χ1v) is 19.7. The molecule has 0 fully saturated rings. The first kappa shape index (κ1) is 31.0. The molecule has 0 unspecified atom stereocenters. The highest BCUT2D eigenvalue weighted by Crippen LogP contribution is 2.45. The van der Waals surface area contributed by atoms with Gasteiger partial charge in [0.2, 0.25) is 0 Å². The van der Waals surface area contributed by atoms with Gasteiger partial charge in [0.05, 0.1) is 0 Å². The summed E-state index contributed by atoms with van der Waals surface area (Å²) < 4.78 is 4.85. The molecule has 8 aromatic carbocycles. The lowest BCUT2D eigenvalue weighted by molar-refractivity contribution is 1.08. The molecule has 5 heteroatoms. The molecule has 0 aliphatic heterocycles. The number of benzene rings is 8. The zero-order valence-electron chi connectivity index (χ0n) is 28.9. The molecule has 0 aliphatic carbocycles. The third kappa shape index (κ3) is 4.97. The topological polar surface area (TPSA) is 38.7 Å². The number of thiophene rings is 2. The Morgan fingerprint density at radius 2 is 0.778 bits per heavy atom. The van der Waals surface area contributed by atoms with Crippen molar-refractivity contribution in [3.05, 3.63) is 176 Å². The Kier molecular flexibility index (Phi) is 7.22. The molecule has 252 valence electrons. The van der Waals surface area contributed by atoms with E-state index >= 15 is 0 Å². The van der Waals surface area contributed by atoms with Crippen LogP contribution in [0.25, 0.3) is 108 Å². The summed E-state index contributed by atoms with van der Waals surface area (Å²) in [5.41, 5.74) is 7.55. The van der Waals surface area contributed by atoms with Gasteiger partial charge in [-0.2, -0.15) is 0 Å². The van der Waals surface area contributed by atoms with Crippen LogP contribution < -0.4 is 0 Å². The van der Waals surface area contributed by atoms with Gasteiger partial charge < -0.3 is 0 Å². The summed E-state index contributed by atoms with van der Waals surface area (Å²) in [6.45, 7) is 0.